The third-order valence-electron chi connectivity index (χ3n) is 5.43. The molecule has 3 atom stereocenters. The Hall–Kier alpha value is 0.210. The summed E-state index contributed by atoms with van der Waals surface area (Å²) in [6.45, 7) is 6.37. The van der Waals surface area contributed by atoms with E-state index in [4.69, 9.17) is 0 Å². The van der Waals surface area contributed by atoms with E-state index in [0.717, 1.165) is 23.9 Å². The summed E-state index contributed by atoms with van der Waals surface area (Å²) in [4.78, 5) is 2.89. The van der Waals surface area contributed by atoms with E-state index in [1.54, 1.807) is 0 Å². The summed E-state index contributed by atoms with van der Waals surface area (Å²) < 4.78 is 0. The van der Waals surface area contributed by atoms with E-state index in [1.807, 2.05) is 0 Å². The number of halogens is 1. The zero-order valence-corrected chi connectivity index (χ0v) is 12.6. The zero-order valence-electron chi connectivity index (χ0n) is 11.7. The number of hydrogen-bond donors (Lipinski definition) is 1. The molecule has 2 saturated heterocycles. The van der Waals surface area contributed by atoms with Gasteiger partial charge in [0, 0.05) is 18.6 Å². The maximum atomic E-state index is 3.49. The van der Waals surface area contributed by atoms with Gasteiger partial charge in [0.2, 0.25) is 0 Å². The lowest BCUT2D eigenvalue weighted by molar-refractivity contribution is 0.123. The topological polar surface area (TPSA) is 15.3 Å². The van der Waals surface area contributed by atoms with E-state index in [9.17, 15) is 0 Å². The molecule has 3 aliphatic rings. The highest BCUT2D eigenvalue weighted by molar-refractivity contribution is 5.85. The molecule has 3 rings (SSSR count). The molecule has 3 unspecified atom stereocenters. The molecule has 0 bridgehead atoms. The molecule has 0 aromatic heterocycles. The molecular formula is C15H29ClN2. The monoisotopic (exact) mass is 272 g/mol. The minimum absolute atomic E-state index is 0. The second-order valence-electron chi connectivity index (χ2n) is 6.59. The van der Waals surface area contributed by atoms with Crippen LogP contribution in [-0.4, -0.2) is 36.6 Å². The van der Waals surface area contributed by atoms with Crippen LogP contribution in [0.1, 0.15) is 51.9 Å². The average molecular weight is 273 g/mol. The van der Waals surface area contributed by atoms with Gasteiger partial charge in [-0.2, -0.15) is 0 Å². The Kier molecular flexibility index (Phi) is 5.35. The fourth-order valence-electron chi connectivity index (χ4n) is 4.48. The Morgan fingerprint density at radius 1 is 1.06 bits per heavy atom. The Balaban J connectivity index is 0.00000120. The van der Waals surface area contributed by atoms with Crippen molar-refractivity contribution in [3.8, 4) is 0 Å². The summed E-state index contributed by atoms with van der Waals surface area (Å²) >= 11 is 0. The van der Waals surface area contributed by atoms with Crippen LogP contribution < -0.4 is 5.32 Å². The second kappa shape index (κ2) is 6.58. The Morgan fingerprint density at radius 3 is 2.56 bits per heavy atom. The van der Waals surface area contributed by atoms with Crippen molar-refractivity contribution in [1.29, 1.82) is 0 Å². The number of fused-ring (bicyclic) bond motifs is 1. The van der Waals surface area contributed by atoms with Crippen LogP contribution in [0.4, 0.5) is 0 Å². The van der Waals surface area contributed by atoms with Crippen molar-refractivity contribution >= 4 is 12.4 Å². The van der Waals surface area contributed by atoms with Gasteiger partial charge < -0.3 is 5.32 Å². The fourth-order valence-corrected chi connectivity index (χ4v) is 4.48. The van der Waals surface area contributed by atoms with Crippen LogP contribution in [0.2, 0.25) is 0 Å². The average Bonchev–Trinajstić information content (AvgIpc) is 2.68. The van der Waals surface area contributed by atoms with Crippen molar-refractivity contribution in [2.24, 2.45) is 11.8 Å². The Labute approximate surface area is 118 Å². The maximum absolute atomic E-state index is 3.49. The summed E-state index contributed by atoms with van der Waals surface area (Å²) in [5, 5.41) is 3.49. The van der Waals surface area contributed by atoms with Crippen LogP contribution in [0.25, 0.3) is 0 Å². The largest absolute Gasteiger partial charge is 0.317 e. The molecule has 0 spiro atoms. The number of nitrogens with zero attached hydrogens (tertiary/aromatic N) is 1. The first-order valence-electron chi connectivity index (χ1n) is 7.81. The summed E-state index contributed by atoms with van der Waals surface area (Å²) in [6.07, 6.45) is 10.3. The predicted molar refractivity (Wildman–Crippen MR) is 79.4 cm³/mol. The first-order valence-corrected chi connectivity index (χ1v) is 7.81. The molecule has 3 fully saturated rings. The van der Waals surface area contributed by atoms with Crippen LogP contribution in [0, 0.1) is 11.8 Å². The highest BCUT2D eigenvalue weighted by atomic mass is 35.5. The normalized spacial score (nSPS) is 38.2. The van der Waals surface area contributed by atoms with Crippen LogP contribution >= 0.6 is 12.4 Å². The van der Waals surface area contributed by atoms with Gasteiger partial charge in [-0.05, 0) is 64.0 Å². The van der Waals surface area contributed by atoms with Crippen molar-refractivity contribution < 1.29 is 0 Å². The van der Waals surface area contributed by atoms with Crippen molar-refractivity contribution in [2.75, 3.05) is 19.6 Å². The molecule has 1 N–H and O–H groups in total. The standard InChI is InChI=1S/C15H28N2.ClH/c1-12-10-14-4-2-3-5-15(14)17(12)11-13-6-8-16-9-7-13;/h12-16H,2-11H2,1H3;1H. The highest BCUT2D eigenvalue weighted by Gasteiger charge is 2.40. The van der Waals surface area contributed by atoms with Gasteiger partial charge in [-0.3, -0.25) is 4.90 Å². The van der Waals surface area contributed by atoms with Gasteiger partial charge in [-0.25, -0.2) is 0 Å². The Morgan fingerprint density at radius 2 is 1.78 bits per heavy atom. The molecule has 3 heteroatoms. The van der Waals surface area contributed by atoms with E-state index >= 15 is 0 Å². The molecule has 18 heavy (non-hydrogen) atoms. The SMILES string of the molecule is CC1CC2CCCCC2N1CC1CCNCC1.Cl. The number of rotatable bonds is 2. The molecule has 0 radical (unpaired) electrons. The minimum atomic E-state index is 0. The lowest BCUT2D eigenvalue weighted by Gasteiger charge is -2.36. The summed E-state index contributed by atoms with van der Waals surface area (Å²) in [5.74, 6) is 2.01. The fraction of sp³-hybridized carbons (Fsp3) is 1.00. The van der Waals surface area contributed by atoms with Gasteiger partial charge in [0.1, 0.15) is 0 Å². The van der Waals surface area contributed by atoms with Crippen LogP contribution in [0.15, 0.2) is 0 Å². The van der Waals surface area contributed by atoms with Gasteiger partial charge >= 0.3 is 0 Å². The molecule has 1 aliphatic carbocycles. The quantitative estimate of drug-likeness (QED) is 0.831. The molecule has 1 saturated carbocycles. The van der Waals surface area contributed by atoms with Gasteiger partial charge in [0.25, 0.3) is 0 Å². The van der Waals surface area contributed by atoms with E-state index in [2.05, 4.69) is 17.1 Å². The van der Waals surface area contributed by atoms with Crippen molar-refractivity contribution in [2.45, 2.75) is 64.0 Å². The highest BCUT2D eigenvalue weighted by Crippen LogP contribution is 2.40. The molecule has 2 heterocycles. The van der Waals surface area contributed by atoms with Crippen molar-refractivity contribution in [1.82, 2.24) is 10.2 Å². The molecule has 0 aromatic carbocycles. The lowest BCUT2D eigenvalue weighted by atomic mass is 9.84. The van der Waals surface area contributed by atoms with E-state index < -0.39 is 0 Å². The number of hydrogen-bond acceptors (Lipinski definition) is 2. The van der Waals surface area contributed by atoms with Crippen molar-refractivity contribution in [3.05, 3.63) is 0 Å². The Bertz CT molecular complexity index is 253. The minimum Gasteiger partial charge on any atom is -0.317 e. The van der Waals surface area contributed by atoms with Crippen LogP contribution in [-0.2, 0) is 0 Å². The molecule has 2 nitrogen and oxygen atoms in total. The second-order valence-corrected chi connectivity index (χ2v) is 6.59. The van der Waals surface area contributed by atoms with Gasteiger partial charge in [0.05, 0.1) is 0 Å². The van der Waals surface area contributed by atoms with Gasteiger partial charge in [-0.15, -0.1) is 12.4 Å². The maximum Gasteiger partial charge on any atom is 0.0127 e. The molecular weight excluding hydrogens is 244 g/mol. The number of likely N-dealkylation sites (tertiary alicyclic amines) is 1. The van der Waals surface area contributed by atoms with Crippen LogP contribution in [0.3, 0.4) is 0 Å². The van der Waals surface area contributed by atoms with Gasteiger partial charge in [-0.1, -0.05) is 12.8 Å². The number of piperidine rings is 1. The third-order valence-corrected chi connectivity index (χ3v) is 5.43. The molecule has 0 aromatic rings. The number of nitrogens with one attached hydrogen (secondary N) is 1. The zero-order chi connectivity index (χ0) is 11.7. The third kappa shape index (κ3) is 3.02. The first-order chi connectivity index (χ1) is 8.34. The predicted octanol–water partition coefficient (Wildman–Crippen LogP) is 3.06. The summed E-state index contributed by atoms with van der Waals surface area (Å²) in [6, 6.07) is 1.81. The summed E-state index contributed by atoms with van der Waals surface area (Å²) in [7, 11) is 0. The van der Waals surface area contributed by atoms with Crippen molar-refractivity contribution in [3.63, 3.8) is 0 Å². The molecule has 0 amide bonds. The smallest absolute Gasteiger partial charge is 0.0127 e. The van der Waals surface area contributed by atoms with Crippen LogP contribution in [0.5, 0.6) is 0 Å². The first kappa shape index (κ1) is 14.6. The molecule has 2 aliphatic heterocycles. The van der Waals surface area contributed by atoms with Gasteiger partial charge in [0.15, 0.2) is 0 Å². The summed E-state index contributed by atoms with van der Waals surface area (Å²) in [5.41, 5.74) is 0. The van der Waals surface area contributed by atoms with E-state index in [-0.39, 0.29) is 12.4 Å². The molecule has 106 valence electrons. The van der Waals surface area contributed by atoms with E-state index in [1.165, 1.54) is 64.6 Å². The lowest BCUT2D eigenvalue weighted by Crippen LogP contribution is -2.43. The van der Waals surface area contributed by atoms with E-state index in [0.29, 0.717) is 0 Å².